The third-order valence-corrected chi connectivity index (χ3v) is 3.20. The summed E-state index contributed by atoms with van der Waals surface area (Å²) in [6.45, 7) is 5.95. The number of hydrogen-bond acceptors (Lipinski definition) is 4. The van der Waals surface area contributed by atoms with E-state index < -0.39 is 0 Å². The summed E-state index contributed by atoms with van der Waals surface area (Å²) in [5.41, 5.74) is 0. The van der Waals surface area contributed by atoms with E-state index in [4.69, 9.17) is 4.74 Å². The number of hydrogen-bond donors (Lipinski definition) is 2. The van der Waals surface area contributed by atoms with Crippen molar-refractivity contribution in [3.05, 3.63) is 0 Å². The second-order valence-corrected chi connectivity index (χ2v) is 5.68. The van der Waals surface area contributed by atoms with Crippen molar-refractivity contribution in [2.45, 2.75) is 31.6 Å². The Labute approximate surface area is 90.2 Å². The lowest BCUT2D eigenvalue weighted by molar-refractivity contribution is -0.144. The molecular weight excluding hydrogens is 204 g/mol. The van der Waals surface area contributed by atoms with E-state index in [1.807, 2.05) is 20.8 Å². The van der Waals surface area contributed by atoms with E-state index in [0.717, 1.165) is 0 Å². The van der Waals surface area contributed by atoms with Gasteiger partial charge in [0.1, 0.15) is 6.10 Å². The highest BCUT2D eigenvalue weighted by atomic mass is 32.1. The second kappa shape index (κ2) is 3.73. The molecule has 1 saturated heterocycles. The zero-order valence-electron chi connectivity index (χ0n) is 8.15. The average molecular weight is 220 g/mol. The predicted octanol–water partition coefficient (Wildman–Crippen LogP) is 1.80. The van der Waals surface area contributed by atoms with E-state index >= 15 is 0 Å². The largest absolute Gasteiger partial charge is 0.460 e. The molecule has 4 heteroatoms. The lowest BCUT2D eigenvalue weighted by Gasteiger charge is -2.28. The van der Waals surface area contributed by atoms with E-state index in [0.29, 0.717) is 5.75 Å². The van der Waals surface area contributed by atoms with Gasteiger partial charge in [-0.3, -0.25) is 4.79 Å². The number of carbonyl (C=O) groups excluding carboxylic acids is 1. The van der Waals surface area contributed by atoms with E-state index in [1.165, 1.54) is 0 Å². The van der Waals surface area contributed by atoms with Crippen LogP contribution in [0.15, 0.2) is 0 Å². The van der Waals surface area contributed by atoms with Crippen LogP contribution in [0.3, 0.4) is 0 Å². The Balaban J connectivity index is 2.79. The fourth-order valence-corrected chi connectivity index (χ4v) is 2.54. The molecule has 0 aromatic carbocycles. The van der Waals surface area contributed by atoms with E-state index in [1.54, 1.807) is 0 Å². The summed E-state index contributed by atoms with van der Waals surface area (Å²) in [4.78, 5) is 11.4. The molecule has 13 heavy (non-hydrogen) atoms. The summed E-state index contributed by atoms with van der Waals surface area (Å²) in [7, 11) is 0. The molecule has 1 rings (SSSR count). The summed E-state index contributed by atoms with van der Waals surface area (Å²) in [5.74, 6) is 0.562. The maximum Gasteiger partial charge on any atom is 0.310 e. The topological polar surface area (TPSA) is 26.3 Å². The van der Waals surface area contributed by atoms with Crippen LogP contribution < -0.4 is 0 Å². The Hall–Kier alpha value is 0.170. The van der Waals surface area contributed by atoms with Crippen molar-refractivity contribution in [2.24, 2.45) is 11.8 Å². The lowest BCUT2D eigenvalue weighted by Crippen LogP contribution is -2.35. The van der Waals surface area contributed by atoms with Gasteiger partial charge in [0, 0.05) is 16.4 Å². The minimum Gasteiger partial charge on any atom is -0.460 e. The summed E-state index contributed by atoms with van der Waals surface area (Å²) in [6, 6.07) is 0. The highest BCUT2D eigenvalue weighted by molar-refractivity contribution is 7.81. The number of cyclic esters (lactones) is 1. The van der Waals surface area contributed by atoms with Crippen LogP contribution in [0, 0.1) is 11.8 Å². The maximum absolute atomic E-state index is 11.4. The molecule has 0 aromatic heterocycles. The molecule has 1 aliphatic rings. The van der Waals surface area contributed by atoms with Crippen LogP contribution >= 0.6 is 25.3 Å². The first-order valence-corrected chi connectivity index (χ1v) is 5.49. The first-order chi connectivity index (χ1) is 5.88. The highest BCUT2D eigenvalue weighted by Crippen LogP contribution is 2.37. The Morgan fingerprint density at radius 3 is 2.31 bits per heavy atom. The van der Waals surface area contributed by atoms with E-state index in [9.17, 15) is 4.79 Å². The minimum absolute atomic E-state index is 0.0697. The monoisotopic (exact) mass is 220 g/mol. The first kappa shape index (κ1) is 11.2. The second-order valence-electron chi connectivity index (χ2n) is 4.16. The SMILES string of the molecule is CC1C(CS)C(=O)OC1C(C)(C)S. The summed E-state index contributed by atoms with van der Waals surface area (Å²) in [5, 5.41) is 0. The number of esters is 1. The molecule has 0 saturated carbocycles. The predicted molar refractivity (Wildman–Crippen MR) is 59.5 cm³/mol. The van der Waals surface area contributed by atoms with Crippen LogP contribution in [-0.2, 0) is 9.53 Å². The molecule has 1 heterocycles. The molecule has 1 fully saturated rings. The molecule has 0 amide bonds. The van der Waals surface area contributed by atoms with Crippen molar-refractivity contribution in [1.29, 1.82) is 0 Å². The van der Waals surface area contributed by atoms with Crippen LogP contribution in [0.2, 0.25) is 0 Å². The van der Waals surface area contributed by atoms with Crippen LogP contribution in [0.4, 0.5) is 0 Å². The minimum atomic E-state index is -0.271. The molecule has 3 unspecified atom stereocenters. The quantitative estimate of drug-likeness (QED) is 0.548. The molecule has 2 nitrogen and oxygen atoms in total. The number of carbonyl (C=O) groups is 1. The van der Waals surface area contributed by atoms with Gasteiger partial charge in [-0.25, -0.2) is 0 Å². The summed E-state index contributed by atoms with van der Waals surface area (Å²) >= 11 is 8.57. The van der Waals surface area contributed by atoms with Gasteiger partial charge in [-0.15, -0.1) is 0 Å². The van der Waals surface area contributed by atoms with Crippen LogP contribution in [-0.4, -0.2) is 22.6 Å². The molecule has 3 atom stereocenters. The van der Waals surface area contributed by atoms with Crippen LogP contribution in [0.1, 0.15) is 20.8 Å². The Morgan fingerprint density at radius 2 is 2.08 bits per heavy atom. The van der Waals surface area contributed by atoms with Gasteiger partial charge in [-0.1, -0.05) is 6.92 Å². The smallest absolute Gasteiger partial charge is 0.310 e. The van der Waals surface area contributed by atoms with Crippen molar-refractivity contribution in [1.82, 2.24) is 0 Å². The third-order valence-electron chi connectivity index (χ3n) is 2.55. The molecule has 0 bridgehead atoms. The van der Waals surface area contributed by atoms with Gasteiger partial charge < -0.3 is 4.74 Å². The van der Waals surface area contributed by atoms with Crippen molar-refractivity contribution in [2.75, 3.05) is 5.75 Å². The van der Waals surface area contributed by atoms with Gasteiger partial charge in [0.15, 0.2) is 0 Å². The molecule has 0 aromatic rings. The van der Waals surface area contributed by atoms with Gasteiger partial charge in [0.25, 0.3) is 0 Å². The number of thiol groups is 2. The normalized spacial score (nSPS) is 34.8. The van der Waals surface area contributed by atoms with Gasteiger partial charge in [-0.2, -0.15) is 25.3 Å². The van der Waals surface area contributed by atoms with E-state index in [-0.39, 0.29) is 28.7 Å². The molecule has 76 valence electrons. The molecule has 0 aliphatic carbocycles. The maximum atomic E-state index is 11.4. The van der Waals surface area contributed by atoms with Crippen molar-refractivity contribution in [3.63, 3.8) is 0 Å². The van der Waals surface area contributed by atoms with Crippen molar-refractivity contribution >= 4 is 31.2 Å². The zero-order valence-corrected chi connectivity index (χ0v) is 9.94. The van der Waals surface area contributed by atoms with Crippen LogP contribution in [0.25, 0.3) is 0 Å². The Morgan fingerprint density at radius 1 is 1.54 bits per heavy atom. The molecule has 1 aliphatic heterocycles. The van der Waals surface area contributed by atoms with Gasteiger partial charge in [-0.05, 0) is 13.8 Å². The number of rotatable bonds is 2. The van der Waals surface area contributed by atoms with Crippen molar-refractivity contribution < 1.29 is 9.53 Å². The Bertz CT molecular complexity index is 210. The standard InChI is InChI=1S/C9H16O2S2/c1-5-6(4-12)8(10)11-7(5)9(2,3)13/h5-7,12-13H,4H2,1-3H3. The highest BCUT2D eigenvalue weighted by Gasteiger charge is 2.46. The molecule has 0 radical (unpaired) electrons. The summed E-state index contributed by atoms with van der Waals surface area (Å²) in [6.07, 6.45) is -0.0968. The zero-order chi connectivity index (χ0) is 10.2. The third kappa shape index (κ3) is 2.15. The fourth-order valence-electron chi connectivity index (χ4n) is 1.77. The van der Waals surface area contributed by atoms with E-state index in [2.05, 4.69) is 25.3 Å². The van der Waals surface area contributed by atoms with Crippen LogP contribution in [0.5, 0.6) is 0 Å². The van der Waals surface area contributed by atoms with Gasteiger partial charge >= 0.3 is 5.97 Å². The lowest BCUT2D eigenvalue weighted by atomic mass is 9.88. The molecular formula is C9H16O2S2. The van der Waals surface area contributed by atoms with Crippen molar-refractivity contribution in [3.8, 4) is 0 Å². The van der Waals surface area contributed by atoms with Gasteiger partial charge in [0.2, 0.25) is 0 Å². The van der Waals surface area contributed by atoms with Gasteiger partial charge in [0.05, 0.1) is 5.92 Å². The number of ether oxygens (including phenoxy) is 1. The molecule has 0 N–H and O–H groups in total. The first-order valence-electron chi connectivity index (χ1n) is 4.41. The summed E-state index contributed by atoms with van der Waals surface area (Å²) < 4.78 is 5.01. The Kier molecular flexibility index (Phi) is 3.23. The fraction of sp³-hybridized carbons (Fsp3) is 0.889. The average Bonchev–Trinajstić information content (AvgIpc) is 2.25. The molecule has 0 spiro atoms.